The van der Waals surface area contributed by atoms with Crippen LogP contribution in [0.2, 0.25) is 0 Å². The van der Waals surface area contributed by atoms with Crippen LogP contribution in [0.15, 0.2) is 121 Å². The van der Waals surface area contributed by atoms with Gasteiger partial charge in [0.2, 0.25) is 0 Å². The topological polar surface area (TPSA) is 0 Å². The minimum absolute atomic E-state index is 1.12. The Morgan fingerprint density at radius 3 is 0.939 bits per heavy atom. The Labute approximate surface area is 198 Å². The van der Waals surface area contributed by atoms with Gasteiger partial charge in [-0.2, -0.15) is 0 Å². The molecule has 0 unspecified atom stereocenters. The maximum atomic E-state index is 6.44. The van der Waals surface area contributed by atoms with Crippen LogP contribution >= 0.6 is 0 Å². The van der Waals surface area contributed by atoms with Gasteiger partial charge in [-0.25, -0.2) is 0 Å². The molecule has 4 aromatic carbocycles. The first kappa shape index (κ1) is 20.9. The number of rotatable bonds is 4. The summed E-state index contributed by atoms with van der Waals surface area (Å²) in [5.41, 5.74) is 6.85. The normalized spacial score (nSPS) is 14.6. The number of terminal acetylenes is 2. The van der Waals surface area contributed by atoms with E-state index in [0.29, 0.717) is 0 Å². The van der Waals surface area contributed by atoms with Crippen molar-refractivity contribution in [3.8, 4) is 22.4 Å². The fraction of sp³-hybridized carbons (Fsp3) is 0. The summed E-state index contributed by atoms with van der Waals surface area (Å²) in [4.78, 5) is 0. The van der Waals surface area contributed by atoms with Crippen molar-refractivity contribution < 1.29 is 0 Å². The summed E-state index contributed by atoms with van der Waals surface area (Å²) in [5.74, 6) is 0. The third kappa shape index (κ3) is 3.46. The van der Waals surface area contributed by atoms with E-state index in [0.717, 1.165) is 22.3 Å². The predicted octanol–water partition coefficient (Wildman–Crippen LogP) is 7.09. The first-order chi connectivity index (χ1) is 16.3. The zero-order chi connectivity index (χ0) is 22.7. The van der Waals surface area contributed by atoms with Crippen LogP contribution in [0.3, 0.4) is 0 Å². The molecule has 33 heavy (non-hydrogen) atoms. The molecular formula is C32H22Ge. The molecule has 1 heteroatoms. The molecule has 1 heterocycles. The molecule has 0 saturated carbocycles. The van der Waals surface area contributed by atoms with Crippen molar-refractivity contribution in [1.82, 2.24) is 0 Å². The van der Waals surface area contributed by atoms with Crippen molar-refractivity contribution in [2.75, 3.05) is 0 Å². The third-order valence-corrected chi connectivity index (χ3v) is 13.4. The summed E-state index contributed by atoms with van der Waals surface area (Å²) in [7, 11) is 0. The summed E-state index contributed by atoms with van der Waals surface area (Å²) >= 11 is -3.69. The van der Waals surface area contributed by atoms with Gasteiger partial charge in [-0.05, 0) is 0 Å². The molecule has 0 amide bonds. The van der Waals surface area contributed by atoms with Crippen LogP contribution < -0.4 is 0 Å². The van der Waals surface area contributed by atoms with E-state index in [9.17, 15) is 0 Å². The van der Waals surface area contributed by atoms with E-state index in [-0.39, 0.29) is 0 Å². The second kappa shape index (κ2) is 8.87. The molecule has 0 aromatic heterocycles. The summed E-state index contributed by atoms with van der Waals surface area (Å²) in [6.07, 6.45) is 12.9. The zero-order valence-corrected chi connectivity index (χ0v) is 20.3. The second-order valence-electron chi connectivity index (χ2n) is 8.00. The number of hydrogen-bond acceptors (Lipinski definition) is 0. The molecule has 0 bridgehead atoms. The molecule has 1 aliphatic rings. The number of benzene rings is 4. The van der Waals surface area contributed by atoms with Crippen molar-refractivity contribution in [2.24, 2.45) is 0 Å². The molecule has 154 valence electrons. The quantitative estimate of drug-likeness (QED) is 0.217. The van der Waals surface area contributed by atoms with Crippen molar-refractivity contribution >= 4 is 33.2 Å². The van der Waals surface area contributed by atoms with Crippen LogP contribution in [0.25, 0.3) is 20.0 Å². The van der Waals surface area contributed by atoms with E-state index in [4.69, 9.17) is 12.8 Å². The van der Waals surface area contributed by atoms with Gasteiger partial charge in [0.15, 0.2) is 0 Å². The zero-order valence-electron chi connectivity index (χ0n) is 18.2. The van der Waals surface area contributed by atoms with Gasteiger partial charge in [0, 0.05) is 0 Å². The molecule has 0 atom stereocenters. The van der Waals surface area contributed by atoms with Crippen molar-refractivity contribution in [3.63, 3.8) is 0 Å². The van der Waals surface area contributed by atoms with Crippen LogP contribution in [0.4, 0.5) is 0 Å². The Morgan fingerprint density at radius 2 is 0.667 bits per heavy atom. The molecule has 0 nitrogen and oxygen atoms in total. The fourth-order valence-corrected chi connectivity index (χ4v) is 11.9. The molecule has 1 aliphatic heterocycles. The Hall–Kier alpha value is -3.98. The first-order valence-electron chi connectivity index (χ1n) is 11.0. The standard InChI is InChI=1S/C32H22Ge/c1-3-33(4-2)31(27-21-13-7-14-22-27)29(25-17-9-5-10-18-25)30(26-19-11-6-12-20-26)32(33)28-23-15-8-16-24-28/h1-2,5-24H. The van der Waals surface area contributed by atoms with Crippen LogP contribution in [-0.4, -0.2) is 13.3 Å². The van der Waals surface area contributed by atoms with Gasteiger partial charge in [0.25, 0.3) is 0 Å². The SMILES string of the molecule is C#[C][Ge]1([C]#C)[C](c2ccccc2)=C(c2ccccc2)C(c2ccccc2)=[C]1c1ccccc1. The van der Waals surface area contributed by atoms with Crippen LogP contribution in [0.5, 0.6) is 0 Å². The molecule has 0 saturated heterocycles. The van der Waals surface area contributed by atoms with Gasteiger partial charge in [0.1, 0.15) is 0 Å². The molecule has 0 fully saturated rings. The van der Waals surface area contributed by atoms with E-state index >= 15 is 0 Å². The van der Waals surface area contributed by atoms with Crippen LogP contribution in [0.1, 0.15) is 22.3 Å². The maximum absolute atomic E-state index is 6.44. The van der Waals surface area contributed by atoms with E-state index in [1.807, 2.05) is 24.3 Å². The molecule has 0 radical (unpaired) electrons. The summed E-state index contributed by atoms with van der Waals surface area (Å²) in [6, 6.07) is 41.9. The van der Waals surface area contributed by atoms with Crippen molar-refractivity contribution in [2.45, 2.75) is 0 Å². The summed E-state index contributed by atoms with van der Waals surface area (Å²) in [6.45, 7) is 0. The monoisotopic (exact) mass is 480 g/mol. The minimum atomic E-state index is -3.69. The number of hydrogen-bond donors (Lipinski definition) is 0. The molecule has 0 spiro atoms. The van der Waals surface area contributed by atoms with Crippen molar-refractivity contribution in [3.05, 3.63) is 144 Å². The summed E-state index contributed by atoms with van der Waals surface area (Å²) in [5, 5.41) is 0. The van der Waals surface area contributed by atoms with E-state index in [1.165, 1.54) is 20.0 Å². The third-order valence-electron chi connectivity index (χ3n) is 6.18. The van der Waals surface area contributed by atoms with Gasteiger partial charge in [-0.3, -0.25) is 0 Å². The van der Waals surface area contributed by atoms with Crippen molar-refractivity contribution in [1.29, 1.82) is 0 Å². The van der Waals surface area contributed by atoms with Gasteiger partial charge < -0.3 is 0 Å². The Balaban J connectivity index is 2.00. The molecule has 5 rings (SSSR count). The van der Waals surface area contributed by atoms with Gasteiger partial charge in [-0.1, -0.05) is 0 Å². The average Bonchev–Trinajstić information content (AvgIpc) is 3.22. The predicted molar refractivity (Wildman–Crippen MR) is 143 cm³/mol. The van der Waals surface area contributed by atoms with Gasteiger partial charge in [0.05, 0.1) is 0 Å². The molecule has 0 N–H and O–H groups in total. The second-order valence-corrected chi connectivity index (χ2v) is 14.5. The molecule has 0 aliphatic carbocycles. The summed E-state index contributed by atoms with van der Waals surface area (Å²) < 4.78 is 8.86. The Morgan fingerprint density at radius 1 is 0.394 bits per heavy atom. The van der Waals surface area contributed by atoms with E-state index < -0.39 is 13.3 Å². The molecule has 4 aromatic rings. The van der Waals surface area contributed by atoms with E-state index in [2.05, 4.69) is 107 Å². The van der Waals surface area contributed by atoms with E-state index in [1.54, 1.807) is 0 Å². The Kier molecular flexibility index (Phi) is 5.62. The van der Waals surface area contributed by atoms with Gasteiger partial charge >= 0.3 is 199 Å². The van der Waals surface area contributed by atoms with Gasteiger partial charge in [-0.15, -0.1) is 0 Å². The average molecular weight is 479 g/mol. The first-order valence-corrected chi connectivity index (χ1v) is 15.2. The number of allylic oxidation sites excluding steroid dienone is 2. The van der Waals surface area contributed by atoms with Crippen LogP contribution in [-0.2, 0) is 0 Å². The Bertz CT molecular complexity index is 1310. The van der Waals surface area contributed by atoms with Crippen LogP contribution in [0, 0.1) is 22.4 Å². The molecular weight excluding hydrogens is 457 g/mol. The fourth-order valence-electron chi connectivity index (χ4n) is 4.80.